The normalized spacial score (nSPS) is 17.5. The Morgan fingerprint density at radius 2 is 2.33 bits per heavy atom. The van der Waals surface area contributed by atoms with Crippen molar-refractivity contribution in [3.63, 3.8) is 0 Å². The van der Waals surface area contributed by atoms with Crippen LogP contribution in [-0.4, -0.2) is 21.9 Å². The van der Waals surface area contributed by atoms with Crippen molar-refractivity contribution in [1.82, 2.24) is 9.97 Å². The second-order valence-electron chi connectivity index (χ2n) is 3.98. The molecule has 82 valence electrons. The Kier molecular flexibility index (Phi) is 3.41. The van der Waals surface area contributed by atoms with Gasteiger partial charge in [0.05, 0.1) is 5.38 Å². The van der Waals surface area contributed by atoms with Crippen LogP contribution < -0.4 is 5.32 Å². The van der Waals surface area contributed by atoms with Crippen molar-refractivity contribution in [3.8, 4) is 0 Å². The quantitative estimate of drug-likeness (QED) is 0.783. The number of anilines is 1. The predicted octanol–water partition coefficient (Wildman–Crippen LogP) is 2.47. The Morgan fingerprint density at radius 3 is 3.00 bits per heavy atom. The number of hydrogen-bond donors (Lipinski definition) is 1. The molecule has 1 aliphatic carbocycles. The third kappa shape index (κ3) is 3.06. The van der Waals surface area contributed by atoms with Crippen LogP contribution in [0.4, 0.5) is 5.82 Å². The largest absolute Gasteiger partial charge is 0.368 e. The summed E-state index contributed by atoms with van der Waals surface area (Å²) < 4.78 is 0. The van der Waals surface area contributed by atoms with E-state index in [1.165, 1.54) is 12.8 Å². The van der Waals surface area contributed by atoms with E-state index in [4.69, 9.17) is 11.6 Å². The summed E-state index contributed by atoms with van der Waals surface area (Å²) in [4.78, 5) is 8.31. The maximum Gasteiger partial charge on any atom is 0.129 e. The van der Waals surface area contributed by atoms with Gasteiger partial charge in [0.15, 0.2) is 0 Å². The van der Waals surface area contributed by atoms with Crippen LogP contribution in [0.5, 0.6) is 0 Å². The Balaban J connectivity index is 1.86. The van der Waals surface area contributed by atoms with E-state index in [1.807, 2.05) is 6.07 Å². The molecule has 1 unspecified atom stereocenters. The molecule has 1 saturated carbocycles. The van der Waals surface area contributed by atoms with Crippen molar-refractivity contribution in [1.29, 1.82) is 0 Å². The molecule has 4 heteroatoms. The highest BCUT2D eigenvalue weighted by atomic mass is 35.5. The van der Waals surface area contributed by atoms with Crippen LogP contribution in [0, 0.1) is 5.92 Å². The first-order valence-electron chi connectivity index (χ1n) is 5.48. The smallest absolute Gasteiger partial charge is 0.129 e. The molecule has 0 amide bonds. The summed E-state index contributed by atoms with van der Waals surface area (Å²) in [5.74, 6) is 1.60. The molecule has 1 aromatic heterocycles. The second-order valence-corrected chi connectivity index (χ2v) is 4.54. The minimum atomic E-state index is 0.241. The Morgan fingerprint density at radius 1 is 1.53 bits per heavy atom. The van der Waals surface area contributed by atoms with Crippen molar-refractivity contribution < 1.29 is 0 Å². The molecule has 0 aliphatic heterocycles. The minimum Gasteiger partial charge on any atom is -0.368 e. The number of alkyl halides is 1. The van der Waals surface area contributed by atoms with E-state index in [9.17, 15) is 0 Å². The number of nitrogens with one attached hydrogen (secondary N) is 1. The molecule has 0 bridgehead atoms. The van der Waals surface area contributed by atoms with Gasteiger partial charge in [-0.3, -0.25) is 0 Å². The molecule has 1 atom stereocenters. The van der Waals surface area contributed by atoms with Crippen LogP contribution in [0.15, 0.2) is 12.4 Å². The lowest BCUT2D eigenvalue weighted by Crippen LogP contribution is -2.16. The summed E-state index contributed by atoms with van der Waals surface area (Å²) in [6.07, 6.45) is 5.09. The zero-order valence-corrected chi connectivity index (χ0v) is 9.67. The molecule has 1 fully saturated rings. The topological polar surface area (TPSA) is 37.8 Å². The highest BCUT2D eigenvalue weighted by Crippen LogP contribution is 2.35. The number of aryl methyl sites for hydroxylation is 1. The van der Waals surface area contributed by atoms with Crippen molar-refractivity contribution in [3.05, 3.63) is 18.1 Å². The predicted molar refractivity (Wildman–Crippen MR) is 62.3 cm³/mol. The van der Waals surface area contributed by atoms with E-state index in [0.717, 1.165) is 24.5 Å². The molecule has 0 spiro atoms. The third-order valence-electron chi connectivity index (χ3n) is 2.70. The molecule has 1 N–H and O–H groups in total. The molecular weight excluding hydrogens is 210 g/mol. The Bertz CT molecular complexity index is 325. The number of halogens is 1. The van der Waals surface area contributed by atoms with Crippen LogP contribution in [0.2, 0.25) is 0 Å². The average molecular weight is 226 g/mol. The molecule has 0 aromatic carbocycles. The van der Waals surface area contributed by atoms with Gasteiger partial charge in [-0.25, -0.2) is 9.97 Å². The van der Waals surface area contributed by atoms with Crippen molar-refractivity contribution >= 4 is 17.4 Å². The monoisotopic (exact) mass is 225 g/mol. The van der Waals surface area contributed by atoms with E-state index in [1.54, 1.807) is 6.33 Å². The minimum absolute atomic E-state index is 0.241. The van der Waals surface area contributed by atoms with Gasteiger partial charge in [-0.2, -0.15) is 0 Å². The SMILES string of the molecule is CCc1cc(NCC(Cl)C2CC2)ncn1. The van der Waals surface area contributed by atoms with Gasteiger partial charge in [0.25, 0.3) is 0 Å². The van der Waals surface area contributed by atoms with Gasteiger partial charge in [-0.05, 0) is 25.2 Å². The van der Waals surface area contributed by atoms with Gasteiger partial charge < -0.3 is 5.32 Å². The first-order chi connectivity index (χ1) is 7.29. The van der Waals surface area contributed by atoms with Gasteiger partial charge in [0, 0.05) is 18.3 Å². The Hall–Kier alpha value is -0.830. The van der Waals surface area contributed by atoms with Crippen LogP contribution in [-0.2, 0) is 6.42 Å². The van der Waals surface area contributed by atoms with Crippen molar-refractivity contribution in [2.75, 3.05) is 11.9 Å². The molecule has 3 nitrogen and oxygen atoms in total. The summed E-state index contributed by atoms with van der Waals surface area (Å²) >= 11 is 6.20. The lowest BCUT2D eigenvalue weighted by atomic mass is 10.3. The van der Waals surface area contributed by atoms with Gasteiger partial charge >= 0.3 is 0 Å². The number of nitrogens with zero attached hydrogens (tertiary/aromatic N) is 2. The maximum atomic E-state index is 6.20. The number of aromatic nitrogens is 2. The molecule has 1 aliphatic rings. The molecular formula is C11H16ClN3. The van der Waals surface area contributed by atoms with Gasteiger partial charge in [0.1, 0.15) is 12.1 Å². The van der Waals surface area contributed by atoms with Gasteiger partial charge in [0.2, 0.25) is 0 Å². The molecule has 0 radical (unpaired) electrons. The van der Waals surface area contributed by atoms with E-state index in [2.05, 4.69) is 22.2 Å². The lowest BCUT2D eigenvalue weighted by molar-refractivity contribution is 0.767. The van der Waals surface area contributed by atoms with Gasteiger partial charge in [-0.1, -0.05) is 6.92 Å². The first kappa shape index (κ1) is 10.7. The van der Waals surface area contributed by atoms with Crippen molar-refractivity contribution in [2.45, 2.75) is 31.6 Å². The lowest BCUT2D eigenvalue weighted by Gasteiger charge is -2.10. The van der Waals surface area contributed by atoms with Gasteiger partial charge in [-0.15, -0.1) is 11.6 Å². The molecule has 15 heavy (non-hydrogen) atoms. The summed E-state index contributed by atoms with van der Waals surface area (Å²) in [6, 6.07) is 1.98. The molecule has 1 aromatic rings. The summed E-state index contributed by atoms with van der Waals surface area (Å²) in [7, 11) is 0. The highest BCUT2D eigenvalue weighted by molar-refractivity contribution is 6.21. The summed E-state index contributed by atoms with van der Waals surface area (Å²) in [5.41, 5.74) is 1.06. The van der Waals surface area contributed by atoms with Crippen LogP contribution in [0.3, 0.4) is 0 Å². The van der Waals surface area contributed by atoms with E-state index in [0.29, 0.717) is 5.92 Å². The third-order valence-corrected chi connectivity index (χ3v) is 3.21. The van der Waals surface area contributed by atoms with Crippen LogP contribution >= 0.6 is 11.6 Å². The summed E-state index contributed by atoms with van der Waals surface area (Å²) in [6.45, 7) is 2.88. The highest BCUT2D eigenvalue weighted by Gasteiger charge is 2.29. The van der Waals surface area contributed by atoms with Crippen LogP contribution in [0.25, 0.3) is 0 Å². The zero-order chi connectivity index (χ0) is 10.7. The fourth-order valence-corrected chi connectivity index (χ4v) is 1.84. The second kappa shape index (κ2) is 4.79. The van der Waals surface area contributed by atoms with Crippen molar-refractivity contribution in [2.24, 2.45) is 5.92 Å². The average Bonchev–Trinajstić information content (AvgIpc) is 3.10. The fraction of sp³-hybridized carbons (Fsp3) is 0.636. The summed E-state index contributed by atoms with van der Waals surface area (Å²) in [5, 5.41) is 3.50. The Labute approximate surface area is 95.3 Å². The fourth-order valence-electron chi connectivity index (χ4n) is 1.51. The van der Waals surface area contributed by atoms with Crippen LogP contribution in [0.1, 0.15) is 25.5 Å². The number of rotatable bonds is 5. The molecule has 2 rings (SSSR count). The molecule has 1 heterocycles. The first-order valence-corrected chi connectivity index (χ1v) is 5.92. The van der Waals surface area contributed by atoms with E-state index in [-0.39, 0.29) is 5.38 Å². The van der Waals surface area contributed by atoms with E-state index < -0.39 is 0 Å². The molecule has 0 saturated heterocycles. The zero-order valence-electron chi connectivity index (χ0n) is 8.91. The van der Waals surface area contributed by atoms with E-state index >= 15 is 0 Å². The standard InChI is InChI=1S/C11H16ClN3/c1-2-9-5-11(15-7-14-9)13-6-10(12)8-3-4-8/h5,7-8,10H,2-4,6H2,1H3,(H,13,14,15). The number of hydrogen-bond acceptors (Lipinski definition) is 3. The maximum absolute atomic E-state index is 6.20.